The molecule has 2 heterocycles. The smallest absolute Gasteiger partial charge is 0.0706 e. The van der Waals surface area contributed by atoms with Gasteiger partial charge in [0.15, 0.2) is 0 Å². The molecule has 1 N–H and O–H groups in total. The van der Waals surface area contributed by atoms with Crippen LogP contribution < -0.4 is 5.32 Å². The average molecular weight is 274 g/mol. The molecule has 0 aliphatic carbocycles. The fourth-order valence-corrected chi connectivity index (χ4v) is 3.54. The molecule has 3 atom stereocenters. The number of ether oxygens (including phenoxy) is 1. The van der Waals surface area contributed by atoms with E-state index in [0.717, 1.165) is 26.2 Å². The summed E-state index contributed by atoms with van der Waals surface area (Å²) in [4.78, 5) is 2.61. The van der Waals surface area contributed by atoms with Crippen LogP contribution in [-0.4, -0.2) is 43.3 Å². The van der Waals surface area contributed by atoms with Gasteiger partial charge in [0.1, 0.15) is 0 Å². The molecule has 1 aromatic rings. The van der Waals surface area contributed by atoms with Crippen LogP contribution in [-0.2, 0) is 10.3 Å². The Morgan fingerprint density at radius 3 is 2.80 bits per heavy atom. The van der Waals surface area contributed by atoms with Crippen LogP contribution in [0.3, 0.4) is 0 Å². The third kappa shape index (κ3) is 2.76. The molecule has 2 saturated heterocycles. The first kappa shape index (κ1) is 14.1. The molecule has 110 valence electrons. The molecule has 2 aliphatic heterocycles. The minimum Gasteiger partial charge on any atom is -0.374 e. The van der Waals surface area contributed by atoms with Gasteiger partial charge in [-0.3, -0.25) is 4.90 Å². The third-order valence-corrected chi connectivity index (χ3v) is 4.87. The highest BCUT2D eigenvalue weighted by Crippen LogP contribution is 2.31. The van der Waals surface area contributed by atoms with E-state index in [1.54, 1.807) is 0 Å². The summed E-state index contributed by atoms with van der Waals surface area (Å²) in [6.07, 6.45) is 3.26. The summed E-state index contributed by atoms with van der Waals surface area (Å²) in [5.41, 5.74) is 1.48. The molecule has 20 heavy (non-hydrogen) atoms. The summed E-state index contributed by atoms with van der Waals surface area (Å²) in [7, 11) is 0. The molecule has 2 fully saturated rings. The lowest BCUT2D eigenvalue weighted by Gasteiger charge is -2.46. The Labute approximate surface area is 122 Å². The Morgan fingerprint density at radius 2 is 2.10 bits per heavy atom. The number of hydrogen-bond acceptors (Lipinski definition) is 3. The third-order valence-electron chi connectivity index (χ3n) is 4.87. The van der Waals surface area contributed by atoms with Crippen LogP contribution in [0.25, 0.3) is 0 Å². The van der Waals surface area contributed by atoms with E-state index < -0.39 is 0 Å². The van der Waals surface area contributed by atoms with Gasteiger partial charge in [0.25, 0.3) is 0 Å². The summed E-state index contributed by atoms with van der Waals surface area (Å²) in [5, 5.41) is 3.55. The van der Waals surface area contributed by atoms with Crippen LogP contribution in [0.4, 0.5) is 0 Å². The van der Waals surface area contributed by atoms with E-state index in [1.165, 1.54) is 18.4 Å². The van der Waals surface area contributed by atoms with Gasteiger partial charge in [-0.2, -0.15) is 0 Å². The number of hydrogen-bond donors (Lipinski definition) is 1. The maximum Gasteiger partial charge on any atom is 0.0706 e. The van der Waals surface area contributed by atoms with E-state index in [0.29, 0.717) is 12.2 Å². The van der Waals surface area contributed by atoms with Crippen molar-refractivity contribution in [2.75, 3.05) is 26.2 Å². The van der Waals surface area contributed by atoms with Crippen molar-refractivity contribution in [2.24, 2.45) is 0 Å². The van der Waals surface area contributed by atoms with Gasteiger partial charge in [-0.25, -0.2) is 0 Å². The number of benzene rings is 1. The largest absolute Gasteiger partial charge is 0.374 e. The van der Waals surface area contributed by atoms with Crippen LogP contribution in [0.15, 0.2) is 30.3 Å². The van der Waals surface area contributed by atoms with Crippen molar-refractivity contribution >= 4 is 0 Å². The Balaban J connectivity index is 1.76. The van der Waals surface area contributed by atoms with E-state index in [9.17, 15) is 0 Å². The topological polar surface area (TPSA) is 24.5 Å². The minimum absolute atomic E-state index is 0.0781. The highest BCUT2D eigenvalue weighted by molar-refractivity contribution is 5.25. The highest BCUT2D eigenvalue weighted by Gasteiger charge is 2.38. The van der Waals surface area contributed by atoms with Gasteiger partial charge in [0.05, 0.1) is 17.7 Å². The molecule has 0 aromatic heterocycles. The van der Waals surface area contributed by atoms with Gasteiger partial charge in [-0.1, -0.05) is 30.3 Å². The van der Waals surface area contributed by atoms with E-state index in [-0.39, 0.29) is 5.54 Å². The lowest BCUT2D eigenvalue weighted by Crippen LogP contribution is -2.59. The van der Waals surface area contributed by atoms with Gasteiger partial charge in [-0.05, 0) is 32.3 Å². The fourth-order valence-electron chi connectivity index (χ4n) is 3.54. The van der Waals surface area contributed by atoms with Crippen molar-refractivity contribution < 1.29 is 4.74 Å². The maximum absolute atomic E-state index is 6.03. The second-order valence-corrected chi connectivity index (χ2v) is 6.41. The van der Waals surface area contributed by atoms with Crippen molar-refractivity contribution in [1.82, 2.24) is 10.2 Å². The number of nitrogens with one attached hydrogen (secondary N) is 1. The second-order valence-electron chi connectivity index (χ2n) is 6.41. The Morgan fingerprint density at radius 1 is 1.30 bits per heavy atom. The van der Waals surface area contributed by atoms with Crippen LogP contribution in [0.1, 0.15) is 32.3 Å². The normalized spacial score (nSPS) is 35.3. The molecule has 0 saturated carbocycles. The zero-order valence-corrected chi connectivity index (χ0v) is 12.6. The Kier molecular flexibility index (Phi) is 4.11. The van der Waals surface area contributed by atoms with Gasteiger partial charge in [0.2, 0.25) is 0 Å². The highest BCUT2D eigenvalue weighted by atomic mass is 16.5. The zero-order chi connectivity index (χ0) is 14.0. The first-order chi connectivity index (χ1) is 9.68. The molecule has 2 aliphatic rings. The number of nitrogens with zero attached hydrogens (tertiary/aromatic N) is 1. The molecule has 0 spiro atoms. The second kappa shape index (κ2) is 5.84. The number of piperazine rings is 1. The van der Waals surface area contributed by atoms with Crippen LogP contribution in [0.2, 0.25) is 0 Å². The molecule has 1 aromatic carbocycles. The summed E-state index contributed by atoms with van der Waals surface area (Å²) in [6.45, 7) is 8.78. The SMILES string of the molecule is CC1CCC(CN2CCNCC2(C)c2ccccc2)O1. The minimum atomic E-state index is 0.0781. The van der Waals surface area contributed by atoms with Crippen molar-refractivity contribution in [2.45, 2.75) is 44.4 Å². The summed E-state index contributed by atoms with van der Waals surface area (Å²) in [6, 6.07) is 10.9. The molecule has 0 amide bonds. The maximum atomic E-state index is 6.03. The van der Waals surface area contributed by atoms with Crippen molar-refractivity contribution in [3.8, 4) is 0 Å². The van der Waals surface area contributed by atoms with Gasteiger partial charge in [-0.15, -0.1) is 0 Å². The van der Waals surface area contributed by atoms with Gasteiger partial charge >= 0.3 is 0 Å². The summed E-state index contributed by atoms with van der Waals surface area (Å²) >= 11 is 0. The lowest BCUT2D eigenvalue weighted by molar-refractivity contribution is -0.0100. The van der Waals surface area contributed by atoms with Crippen molar-refractivity contribution in [1.29, 1.82) is 0 Å². The Bertz CT molecular complexity index is 436. The van der Waals surface area contributed by atoms with Crippen LogP contribution in [0.5, 0.6) is 0 Å². The molecule has 3 rings (SSSR count). The van der Waals surface area contributed by atoms with Gasteiger partial charge < -0.3 is 10.1 Å². The van der Waals surface area contributed by atoms with E-state index >= 15 is 0 Å². The molecule has 3 heteroatoms. The molecule has 3 unspecified atom stereocenters. The van der Waals surface area contributed by atoms with E-state index in [2.05, 4.69) is 54.4 Å². The summed E-state index contributed by atoms with van der Waals surface area (Å²) in [5.74, 6) is 0. The van der Waals surface area contributed by atoms with Gasteiger partial charge in [0, 0.05) is 26.2 Å². The van der Waals surface area contributed by atoms with Crippen LogP contribution in [0, 0.1) is 0 Å². The van der Waals surface area contributed by atoms with E-state index in [1.807, 2.05) is 0 Å². The van der Waals surface area contributed by atoms with Crippen molar-refractivity contribution in [3.63, 3.8) is 0 Å². The number of rotatable bonds is 3. The molecule has 3 nitrogen and oxygen atoms in total. The molecule has 0 bridgehead atoms. The first-order valence-corrected chi connectivity index (χ1v) is 7.85. The quantitative estimate of drug-likeness (QED) is 0.916. The van der Waals surface area contributed by atoms with Crippen LogP contribution >= 0.6 is 0 Å². The predicted molar refractivity (Wildman–Crippen MR) is 81.8 cm³/mol. The summed E-state index contributed by atoms with van der Waals surface area (Å²) < 4.78 is 6.03. The molecule has 0 radical (unpaired) electrons. The lowest BCUT2D eigenvalue weighted by atomic mass is 9.88. The van der Waals surface area contributed by atoms with Crippen molar-refractivity contribution in [3.05, 3.63) is 35.9 Å². The zero-order valence-electron chi connectivity index (χ0n) is 12.6. The predicted octanol–water partition coefficient (Wildman–Crippen LogP) is 2.37. The monoisotopic (exact) mass is 274 g/mol. The first-order valence-electron chi connectivity index (χ1n) is 7.85. The molecular formula is C17H26N2O. The molecular weight excluding hydrogens is 248 g/mol. The standard InChI is InChI=1S/C17H26N2O/c1-14-8-9-16(20-14)12-19-11-10-18-13-17(19,2)15-6-4-3-5-7-15/h3-7,14,16,18H,8-13H2,1-2H3. The Hall–Kier alpha value is -0.900. The van der Waals surface area contributed by atoms with E-state index in [4.69, 9.17) is 4.74 Å². The average Bonchev–Trinajstić information content (AvgIpc) is 2.88. The fraction of sp³-hybridized carbons (Fsp3) is 0.647.